The van der Waals surface area contributed by atoms with Gasteiger partial charge in [-0.2, -0.15) is 0 Å². The maximum absolute atomic E-state index is 11.8. The maximum Gasteiger partial charge on any atom is 0.251 e. The molecule has 0 aliphatic rings. The third kappa shape index (κ3) is 2.38. The van der Waals surface area contributed by atoms with E-state index in [2.05, 4.69) is 4.98 Å². The number of rotatable bonds is 3. The fourth-order valence-electron chi connectivity index (χ4n) is 2.65. The Morgan fingerprint density at radius 1 is 1.14 bits per heavy atom. The number of carbonyl (C=O) groups is 1. The first kappa shape index (κ1) is 13.6. The molecule has 0 atom stereocenters. The molecule has 0 aliphatic heterocycles. The summed E-state index contributed by atoms with van der Waals surface area (Å²) >= 11 is 0. The molecule has 21 heavy (non-hydrogen) atoms. The van der Waals surface area contributed by atoms with Gasteiger partial charge in [-0.25, -0.2) is 8.42 Å². The zero-order valence-electron chi connectivity index (χ0n) is 11.4. The number of aromatic nitrogens is 1. The lowest BCUT2D eigenvalue weighted by atomic mass is 10.0. The minimum Gasteiger partial charge on any atom is -0.366 e. The van der Waals surface area contributed by atoms with Gasteiger partial charge in [0, 0.05) is 22.5 Å². The molecule has 0 unspecified atom stereocenters. The van der Waals surface area contributed by atoms with Crippen molar-refractivity contribution >= 4 is 37.6 Å². The van der Waals surface area contributed by atoms with Crippen molar-refractivity contribution in [2.45, 2.75) is 5.75 Å². The molecular weight excluding hydrogens is 288 g/mol. The molecule has 1 aromatic heterocycles. The summed E-state index contributed by atoms with van der Waals surface area (Å²) in [4.78, 5) is 15.0. The highest BCUT2D eigenvalue weighted by Crippen LogP contribution is 2.30. The second-order valence-corrected chi connectivity index (χ2v) is 7.27. The number of amides is 1. The summed E-state index contributed by atoms with van der Waals surface area (Å²) in [5.41, 5.74) is 7.60. The Bertz CT molecular complexity index is 971. The Morgan fingerprint density at radius 2 is 1.86 bits per heavy atom. The zero-order chi connectivity index (χ0) is 15.2. The summed E-state index contributed by atoms with van der Waals surface area (Å²) < 4.78 is 23.0. The number of aromatic amines is 1. The molecule has 0 spiro atoms. The first-order valence-electron chi connectivity index (χ1n) is 6.36. The van der Waals surface area contributed by atoms with Gasteiger partial charge in [-0.15, -0.1) is 0 Å². The number of nitrogens with two attached hydrogens (primary N) is 1. The molecule has 3 aromatic rings. The van der Waals surface area contributed by atoms with Crippen LogP contribution in [0.1, 0.15) is 15.9 Å². The van der Waals surface area contributed by atoms with Crippen LogP contribution in [0.2, 0.25) is 0 Å². The quantitative estimate of drug-likeness (QED) is 0.774. The predicted octanol–water partition coefficient (Wildman–Crippen LogP) is 1.96. The van der Waals surface area contributed by atoms with Gasteiger partial charge in [-0.1, -0.05) is 30.3 Å². The number of carbonyl (C=O) groups excluding carboxylic acids is 1. The van der Waals surface area contributed by atoms with E-state index in [1.165, 1.54) is 0 Å². The molecule has 108 valence electrons. The highest BCUT2D eigenvalue weighted by atomic mass is 32.2. The smallest absolute Gasteiger partial charge is 0.251 e. The molecule has 0 saturated carbocycles. The van der Waals surface area contributed by atoms with Crippen molar-refractivity contribution in [1.29, 1.82) is 0 Å². The molecule has 5 nitrogen and oxygen atoms in total. The molecule has 3 rings (SSSR count). The molecule has 3 N–H and O–H groups in total. The van der Waals surface area contributed by atoms with Crippen molar-refractivity contribution in [3.05, 3.63) is 47.5 Å². The Hall–Kier alpha value is -2.34. The van der Waals surface area contributed by atoms with Gasteiger partial charge in [0.1, 0.15) is 0 Å². The lowest BCUT2D eigenvalue weighted by molar-refractivity contribution is 0.100. The fourth-order valence-corrected chi connectivity index (χ4v) is 3.45. The Kier molecular flexibility index (Phi) is 2.98. The summed E-state index contributed by atoms with van der Waals surface area (Å²) in [5.74, 6) is -0.845. The first-order valence-corrected chi connectivity index (χ1v) is 8.43. The first-order chi connectivity index (χ1) is 9.87. The van der Waals surface area contributed by atoms with E-state index in [-0.39, 0.29) is 11.3 Å². The van der Waals surface area contributed by atoms with Crippen LogP contribution in [0.15, 0.2) is 36.4 Å². The highest BCUT2D eigenvalue weighted by molar-refractivity contribution is 7.89. The van der Waals surface area contributed by atoms with Gasteiger partial charge in [0.05, 0.1) is 16.8 Å². The highest BCUT2D eigenvalue weighted by Gasteiger charge is 2.18. The molecule has 0 fully saturated rings. The number of sulfone groups is 1. The summed E-state index contributed by atoms with van der Waals surface area (Å²) in [6.07, 6.45) is 1.13. The Morgan fingerprint density at radius 3 is 2.52 bits per heavy atom. The monoisotopic (exact) mass is 302 g/mol. The lowest BCUT2D eigenvalue weighted by Crippen LogP contribution is -2.16. The molecule has 0 bridgehead atoms. The van der Waals surface area contributed by atoms with E-state index in [1.807, 2.05) is 30.3 Å². The largest absolute Gasteiger partial charge is 0.366 e. The van der Waals surface area contributed by atoms with Gasteiger partial charge in [0.15, 0.2) is 9.84 Å². The minimum absolute atomic E-state index is 0.212. The van der Waals surface area contributed by atoms with Gasteiger partial charge in [0.25, 0.3) is 5.91 Å². The summed E-state index contributed by atoms with van der Waals surface area (Å²) in [5, 5.41) is 1.83. The molecule has 1 heterocycles. The van der Waals surface area contributed by atoms with Crippen molar-refractivity contribution in [2.75, 3.05) is 6.26 Å². The van der Waals surface area contributed by atoms with E-state index >= 15 is 0 Å². The van der Waals surface area contributed by atoms with Crippen LogP contribution < -0.4 is 5.73 Å². The molecule has 6 heteroatoms. The SMILES string of the molecule is CS(=O)(=O)Cc1ccc2c([nH]c3ccccc32)c1C(N)=O. The minimum atomic E-state index is -3.25. The van der Waals surface area contributed by atoms with Crippen LogP contribution in [0.5, 0.6) is 0 Å². The number of primary amides is 1. The zero-order valence-corrected chi connectivity index (χ0v) is 12.2. The van der Waals surface area contributed by atoms with E-state index in [0.29, 0.717) is 11.1 Å². The molecule has 1 amide bonds. The number of H-pyrrole nitrogens is 1. The third-order valence-corrected chi connectivity index (χ3v) is 4.27. The van der Waals surface area contributed by atoms with E-state index in [9.17, 15) is 13.2 Å². The predicted molar refractivity (Wildman–Crippen MR) is 82.9 cm³/mol. The standard InChI is InChI=1S/C15H14N2O3S/c1-21(19,20)8-9-6-7-11-10-4-2-3-5-12(10)17-14(11)13(9)15(16)18/h2-7,17H,8H2,1H3,(H2,16,18). The van der Waals surface area contributed by atoms with Crippen LogP contribution in [0.4, 0.5) is 0 Å². The number of para-hydroxylation sites is 1. The van der Waals surface area contributed by atoms with Crippen LogP contribution in [0, 0.1) is 0 Å². The van der Waals surface area contributed by atoms with E-state index in [4.69, 9.17) is 5.73 Å². The number of nitrogens with one attached hydrogen (secondary N) is 1. The topological polar surface area (TPSA) is 93.0 Å². The number of hydrogen-bond donors (Lipinski definition) is 2. The van der Waals surface area contributed by atoms with Crippen LogP contribution >= 0.6 is 0 Å². The molecule has 2 aromatic carbocycles. The molecule has 0 aliphatic carbocycles. The van der Waals surface area contributed by atoms with Crippen molar-refractivity contribution in [1.82, 2.24) is 4.98 Å². The number of benzene rings is 2. The van der Waals surface area contributed by atoms with Crippen LogP contribution in [0.3, 0.4) is 0 Å². The van der Waals surface area contributed by atoms with Gasteiger partial charge in [-0.05, 0) is 11.6 Å². The average Bonchev–Trinajstić information content (AvgIpc) is 2.74. The van der Waals surface area contributed by atoms with Crippen LogP contribution in [-0.2, 0) is 15.6 Å². The normalized spacial score (nSPS) is 12.0. The lowest BCUT2D eigenvalue weighted by Gasteiger charge is -2.07. The maximum atomic E-state index is 11.8. The summed E-state index contributed by atoms with van der Waals surface area (Å²) in [6.45, 7) is 0. The van der Waals surface area contributed by atoms with E-state index in [1.54, 1.807) is 6.07 Å². The van der Waals surface area contributed by atoms with Gasteiger partial charge >= 0.3 is 0 Å². The van der Waals surface area contributed by atoms with E-state index in [0.717, 1.165) is 22.5 Å². The molecule has 0 radical (unpaired) electrons. The van der Waals surface area contributed by atoms with Crippen molar-refractivity contribution in [2.24, 2.45) is 5.73 Å². The van der Waals surface area contributed by atoms with E-state index < -0.39 is 15.7 Å². The summed E-state index contributed by atoms with van der Waals surface area (Å²) in [6, 6.07) is 11.1. The number of fused-ring (bicyclic) bond motifs is 3. The van der Waals surface area contributed by atoms with Crippen LogP contribution in [0.25, 0.3) is 21.8 Å². The molecule has 0 saturated heterocycles. The van der Waals surface area contributed by atoms with Gasteiger partial charge < -0.3 is 10.7 Å². The molecular formula is C15H14N2O3S. The Balaban J connectivity index is 2.39. The van der Waals surface area contributed by atoms with Gasteiger partial charge in [0.2, 0.25) is 0 Å². The second-order valence-electron chi connectivity index (χ2n) is 5.13. The van der Waals surface area contributed by atoms with Crippen molar-refractivity contribution in [3.8, 4) is 0 Å². The fraction of sp³-hybridized carbons (Fsp3) is 0.133. The number of hydrogen-bond acceptors (Lipinski definition) is 3. The second kappa shape index (κ2) is 4.60. The van der Waals surface area contributed by atoms with Crippen molar-refractivity contribution < 1.29 is 13.2 Å². The van der Waals surface area contributed by atoms with Gasteiger partial charge in [-0.3, -0.25) is 4.79 Å². The van der Waals surface area contributed by atoms with Crippen LogP contribution in [-0.4, -0.2) is 25.6 Å². The average molecular weight is 302 g/mol. The van der Waals surface area contributed by atoms with Crippen molar-refractivity contribution in [3.63, 3.8) is 0 Å². The third-order valence-electron chi connectivity index (χ3n) is 3.43. The Labute approximate surface area is 121 Å². The summed E-state index contributed by atoms with van der Waals surface area (Å²) in [7, 11) is -3.25.